The molecular weight excluding hydrogens is 446 g/mol. The van der Waals surface area contributed by atoms with Crippen molar-refractivity contribution < 1.29 is 19.1 Å². The van der Waals surface area contributed by atoms with Gasteiger partial charge in [0.2, 0.25) is 0 Å². The fourth-order valence-electron chi connectivity index (χ4n) is 4.47. The summed E-state index contributed by atoms with van der Waals surface area (Å²) >= 11 is 8.23. The highest BCUT2D eigenvalue weighted by Crippen LogP contribution is 2.47. The Bertz CT molecular complexity index is 1070. The Morgan fingerprint density at radius 3 is 2.72 bits per heavy atom. The summed E-state index contributed by atoms with van der Waals surface area (Å²) in [7, 11) is 0. The molecule has 2 atom stereocenters. The number of hydrogen-bond acceptors (Lipinski definition) is 6. The van der Waals surface area contributed by atoms with Crippen molar-refractivity contribution in [2.45, 2.75) is 38.5 Å². The van der Waals surface area contributed by atoms with Crippen LogP contribution in [0.2, 0.25) is 5.02 Å². The minimum atomic E-state index is -0.559. The standard InChI is InChI=1S/C25H26ClNO4S/c1-3-30-10-11-31-25(29)22-15(2)27-19-13-16(21-9-6-12-32-21)14-20(28)24(19)23(22)17-7-4-5-8-18(17)26/h4-9,12,16,23,27H,3,10-11,13-14H2,1-2H3/t16-,23-/m1/s1. The van der Waals surface area contributed by atoms with Gasteiger partial charge in [0.25, 0.3) is 0 Å². The number of allylic oxidation sites excluding steroid dienone is 3. The van der Waals surface area contributed by atoms with Crippen molar-refractivity contribution in [3.05, 3.63) is 79.8 Å². The lowest BCUT2D eigenvalue weighted by Crippen LogP contribution is -2.36. The van der Waals surface area contributed by atoms with Crippen LogP contribution in [0.1, 0.15) is 49.0 Å². The SMILES string of the molecule is CCOCCOC(=O)C1=C(C)NC2=C(C(=O)C[C@H](c3cccs3)C2)[C@@H]1c1ccccc1Cl. The van der Waals surface area contributed by atoms with Crippen LogP contribution in [0.25, 0.3) is 0 Å². The first-order valence-corrected chi connectivity index (χ1v) is 12.0. The molecule has 2 heterocycles. The Morgan fingerprint density at radius 2 is 2.00 bits per heavy atom. The number of thiophene rings is 1. The lowest BCUT2D eigenvalue weighted by atomic mass is 9.72. The van der Waals surface area contributed by atoms with Crippen LogP contribution in [0.15, 0.2) is 64.3 Å². The highest BCUT2D eigenvalue weighted by atomic mass is 35.5. The van der Waals surface area contributed by atoms with E-state index in [0.29, 0.717) is 47.9 Å². The Hall–Kier alpha value is -2.41. The smallest absolute Gasteiger partial charge is 0.336 e. The van der Waals surface area contributed by atoms with Gasteiger partial charge < -0.3 is 14.8 Å². The molecule has 1 aromatic carbocycles. The van der Waals surface area contributed by atoms with Crippen LogP contribution in [0.5, 0.6) is 0 Å². The molecule has 0 radical (unpaired) electrons. The first-order chi connectivity index (χ1) is 15.5. The summed E-state index contributed by atoms with van der Waals surface area (Å²) < 4.78 is 10.8. The van der Waals surface area contributed by atoms with Gasteiger partial charge in [-0.15, -0.1) is 11.3 Å². The van der Waals surface area contributed by atoms with Gasteiger partial charge in [0.15, 0.2) is 5.78 Å². The lowest BCUT2D eigenvalue weighted by Gasteiger charge is -2.36. The zero-order chi connectivity index (χ0) is 22.7. The number of dihydropyridines is 1. The van der Waals surface area contributed by atoms with Gasteiger partial charge in [-0.2, -0.15) is 0 Å². The number of rotatable bonds is 7. The van der Waals surface area contributed by atoms with Crippen molar-refractivity contribution in [2.75, 3.05) is 19.8 Å². The van der Waals surface area contributed by atoms with Crippen molar-refractivity contribution in [3.8, 4) is 0 Å². The van der Waals surface area contributed by atoms with Crippen LogP contribution in [0.3, 0.4) is 0 Å². The maximum atomic E-state index is 13.5. The van der Waals surface area contributed by atoms with Gasteiger partial charge in [0, 0.05) is 51.7 Å². The topological polar surface area (TPSA) is 64.6 Å². The maximum Gasteiger partial charge on any atom is 0.336 e. The first-order valence-electron chi connectivity index (χ1n) is 10.8. The predicted octanol–water partition coefficient (Wildman–Crippen LogP) is 5.34. The molecule has 0 saturated heterocycles. The normalized spacial score (nSPS) is 20.8. The number of Topliss-reactive ketones (excluding diaryl/α,β-unsaturated/α-hetero) is 1. The largest absolute Gasteiger partial charge is 0.460 e. The monoisotopic (exact) mass is 471 g/mol. The third kappa shape index (κ3) is 4.53. The number of nitrogens with one attached hydrogen (secondary N) is 1. The van der Waals surface area contributed by atoms with Gasteiger partial charge in [0.05, 0.1) is 12.2 Å². The minimum Gasteiger partial charge on any atom is -0.460 e. The Morgan fingerprint density at radius 1 is 1.19 bits per heavy atom. The van der Waals surface area contributed by atoms with E-state index in [1.165, 1.54) is 4.88 Å². The number of ether oxygens (including phenoxy) is 2. The molecule has 0 saturated carbocycles. The molecule has 0 amide bonds. The molecule has 0 unspecified atom stereocenters. The fourth-order valence-corrected chi connectivity index (χ4v) is 5.55. The summed E-state index contributed by atoms with van der Waals surface area (Å²) in [5, 5.41) is 5.91. The molecule has 2 aliphatic rings. The molecule has 4 rings (SSSR count). The summed E-state index contributed by atoms with van der Waals surface area (Å²) in [6.45, 7) is 4.78. The summed E-state index contributed by atoms with van der Waals surface area (Å²) in [6.07, 6.45) is 1.13. The molecule has 168 valence electrons. The second kappa shape index (κ2) is 10.0. The van der Waals surface area contributed by atoms with Crippen molar-refractivity contribution in [1.82, 2.24) is 5.32 Å². The molecule has 32 heavy (non-hydrogen) atoms. The van der Waals surface area contributed by atoms with Crippen molar-refractivity contribution >= 4 is 34.7 Å². The van der Waals surface area contributed by atoms with E-state index >= 15 is 0 Å². The number of carbonyl (C=O) groups excluding carboxylic acids is 2. The zero-order valence-corrected chi connectivity index (χ0v) is 19.7. The third-order valence-electron chi connectivity index (χ3n) is 5.87. The first kappa shape index (κ1) is 22.8. The van der Waals surface area contributed by atoms with Crippen LogP contribution in [0.4, 0.5) is 0 Å². The van der Waals surface area contributed by atoms with E-state index in [0.717, 1.165) is 11.3 Å². The minimum absolute atomic E-state index is 0.0363. The molecule has 0 spiro atoms. The summed E-state index contributed by atoms with van der Waals surface area (Å²) in [4.78, 5) is 27.8. The van der Waals surface area contributed by atoms with Crippen molar-refractivity contribution in [1.29, 1.82) is 0 Å². The van der Waals surface area contributed by atoms with Crippen molar-refractivity contribution in [2.24, 2.45) is 0 Å². The van der Waals surface area contributed by atoms with Crippen LogP contribution in [-0.2, 0) is 19.1 Å². The highest BCUT2D eigenvalue weighted by Gasteiger charge is 2.42. The number of hydrogen-bond donors (Lipinski definition) is 1. The van der Waals surface area contributed by atoms with E-state index in [-0.39, 0.29) is 18.3 Å². The van der Waals surface area contributed by atoms with Gasteiger partial charge in [-0.25, -0.2) is 4.79 Å². The Balaban J connectivity index is 1.73. The van der Waals surface area contributed by atoms with Crippen LogP contribution < -0.4 is 5.32 Å². The van der Waals surface area contributed by atoms with E-state index in [1.54, 1.807) is 17.4 Å². The number of halogens is 1. The molecule has 1 aromatic heterocycles. The molecule has 0 fully saturated rings. The molecule has 1 N–H and O–H groups in total. The summed E-state index contributed by atoms with van der Waals surface area (Å²) in [5.74, 6) is -0.849. The number of carbonyl (C=O) groups is 2. The Labute approximate surface area is 197 Å². The van der Waals surface area contributed by atoms with Crippen LogP contribution in [-0.4, -0.2) is 31.6 Å². The molecule has 1 aliphatic heterocycles. The molecule has 1 aliphatic carbocycles. The van der Waals surface area contributed by atoms with Gasteiger partial charge in [-0.1, -0.05) is 35.9 Å². The van der Waals surface area contributed by atoms with E-state index in [4.69, 9.17) is 21.1 Å². The van der Waals surface area contributed by atoms with Crippen molar-refractivity contribution in [3.63, 3.8) is 0 Å². The highest BCUT2D eigenvalue weighted by molar-refractivity contribution is 7.10. The van der Waals surface area contributed by atoms with E-state index in [1.807, 2.05) is 43.5 Å². The average Bonchev–Trinajstić information content (AvgIpc) is 3.31. The Kier molecular flexibility index (Phi) is 7.13. The predicted molar refractivity (Wildman–Crippen MR) is 126 cm³/mol. The number of esters is 1. The van der Waals surface area contributed by atoms with Gasteiger partial charge in [0.1, 0.15) is 6.61 Å². The average molecular weight is 472 g/mol. The van der Waals surface area contributed by atoms with Gasteiger partial charge in [-0.3, -0.25) is 4.79 Å². The molecule has 7 heteroatoms. The lowest BCUT2D eigenvalue weighted by molar-refractivity contribution is -0.140. The second-order valence-electron chi connectivity index (χ2n) is 7.89. The molecule has 5 nitrogen and oxygen atoms in total. The van der Waals surface area contributed by atoms with Gasteiger partial charge in [-0.05, 0) is 43.3 Å². The zero-order valence-electron chi connectivity index (χ0n) is 18.2. The van der Waals surface area contributed by atoms with Crippen LogP contribution in [0, 0.1) is 0 Å². The number of benzene rings is 1. The van der Waals surface area contributed by atoms with E-state index in [2.05, 4.69) is 11.4 Å². The second-order valence-corrected chi connectivity index (χ2v) is 9.27. The summed E-state index contributed by atoms with van der Waals surface area (Å²) in [5.41, 5.74) is 3.34. The quantitative estimate of drug-likeness (QED) is 0.436. The van der Waals surface area contributed by atoms with E-state index in [9.17, 15) is 9.59 Å². The van der Waals surface area contributed by atoms with Crippen LogP contribution >= 0.6 is 22.9 Å². The molecular formula is C25H26ClNO4S. The number of ketones is 1. The third-order valence-corrected chi connectivity index (χ3v) is 7.25. The fraction of sp³-hybridized carbons (Fsp3) is 0.360. The van der Waals surface area contributed by atoms with Gasteiger partial charge >= 0.3 is 5.97 Å². The maximum absolute atomic E-state index is 13.5. The summed E-state index contributed by atoms with van der Waals surface area (Å²) in [6, 6.07) is 11.5. The molecule has 2 aromatic rings. The molecule has 0 bridgehead atoms. The van der Waals surface area contributed by atoms with E-state index < -0.39 is 11.9 Å².